The summed E-state index contributed by atoms with van der Waals surface area (Å²) in [6.07, 6.45) is 10.5. The van der Waals surface area contributed by atoms with Crippen LogP contribution in [0, 0.1) is 11.8 Å². The molecule has 1 saturated carbocycles. The number of carbonyl (C=O) groups is 1. The van der Waals surface area contributed by atoms with Gasteiger partial charge >= 0.3 is 0 Å². The van der Waals surface area contributed by atoms with E-state index in [-0.39, 0.29) is 11.8 Å². The molecular formula is C18H31N3OS. The fraction of sp³-hybridized carbons (Fsp3) is 0.833. The van der Waals surface area contributed by atoms with Crippen LogP contribution in [0.2, 0.25) is 0 Å². The topological polar surface area (TPSA) is 54.9 Å². The molecule has 0 atom stereocenters. The van der Waals surface area contributed by atoms with E-state index in [1.54, 1.807) is 0 Å². The SMILES string of the molecule is CCCCC1CCC(C(=O)Nc2nnc(C(CC)CC)s2)CC1. The first kappa shape index (κ1) is 18.4. The molecule has 0 saturated heterocycles. The Labute approximate surface area is 144 Å². The van der Waals surface area contributed by atoms with Crippen molar-refractivity contribution in [2.45, 2.75) is 84.5 Å². The van der Waals surface area contributed by atoms with Crippen LogP contribution >= 0.6 is 11.3 Å². The maximum absolute atomic E-state index is 12.4. The summed E-state index contributed by atoms with van der Waals surface area (Å²) in [7, 11) is 0. The van der Waals surface area contributed by atoms with Crippen molar-refractivity contribution in [1.82, 2.24) is 10.2 Å². The zero-order valence-corrected chi connectivity index (χ0v) is 15.6. The maximum Gasteiger partial charge on any atom is 0.229 e. The van der Waals surface area contributed by atoms with Gasteiger partial charge in [0.05, 0.1) is 0 Å². The second-order valence-electron chi connectivity index (χ2n) is 6.81. The predicted molar refractivity (Wildman–Crippen MR) is 96.8 cm³/mol. The van der Waals surface area contributed by atoms with E-state index in [2.05, 4.69) is 36.3 Å². The normalized spacial score (nSPS) is 21.6. The molecule has 0 unspecified atom stereocenters. The number of aromatic nitrogens is 2. The molecule has 1 aromatic heterocycles. The molecule has 0 bridgehead atoms. The van der Waals surface area contributed by atoms with E-state index in [9.17, 15) is 4.79 Å². The molecule has 0 spiro atoms. The predicted octanol–water partition coefficient (Wildman–Crippen LogP) is 5.38. The number of hydrogen-bond acceptors (Lipinski definition) is 4. The van der Waals surface area contributed by atoms with Gasteiger partial charge in [-0.25, -0.2) is 0 Å². The van der Waals surface area contributed by atoms with E-state index in [0.717, 1.165) is 36.6 Å². The van der Waals surface area contributed by atoms with Crippen LogP contribution in [0.1, 0.15) is 89.5 Å². The fourth-order valence-corrected chi connectivity index (χ4v) is 4.51. The van der Waals surface area contributed by atoms with Crippen LogP contribution in [-0.2, 0) is 4.79 Å². The summed E-state index contributed by atoms with van der Waals surface area (Å²) in [4.78, 5) is 12.4. The molecule has 1 aliphatic rings. The van der Waals surface area contributed by atoms with E-state index in [1.807, 2.05) is 0 Å². The van der Waals surface area contributed by atoms with Crippen LogP contribution in [-0.4, -0.2) is 16.1 Å². The second kappa shape index (κ2) is 9.36. The van der Waals surface area contributed by atoms with Crippen molar-refractivity contribution in [2.24, 2.45) is 11.8 Å². The summed E-state index contributed by atoms with van der Waals surface area (Å²) in [5, 5.41) is 13.1. The first-order valence-electron chi connectivity index (χ1n) is 9.32. The first-order valence-corrected chi connectivity index (χ1v) is 10.1. The Kier molecular flexibility index (Phi) is 7.47. The van der Waals surface area contributed by atoms with Crippen molar-refractivity contribution in [2.75, 3.05) is 5.32 Å². The van der Waals surface area contributed by atoms with Crippen molar-refractivity contribution < 1.29 is 4.79 Å². The summed E-state index contributed by atoms with van der Waals surface area (Å²) in [5.41, 5.74) is 0. The van der Waals surface area contributed by atoms with Crippen LogP contribution in [0.5, 0.6) is 0 Å². The van der Waals surface area contributed by atoms with Gasteiger partial charge in [-0.15, -0.1) is 10.2 Å². The van der Waals surface area contributed by atoms with Gasteiger partial charge in [0.1, 0.15) is 5.01 Å². The molecule has 0 aromatic carbocycles. The van der Waals surface area contributed by atoms with Crippen molar-refractivity contribution in [3.63, 3.8) is 0 Å². The number of rotatable bonds is 8. The lowest BCUT2D eigenvalue weighted by Crippen LogP contribution is -2.27. The summed E-state index contributed by atoms with van der Waals surface area (Å²) in [5.74, 6) is 1.61. The van der Waals surface area contributed by atoms with Crippen LogP contribution in [0.15, 0.2) is 0 Å². The number of amides is 1. The second-order valence-corrected chi connectivity index (χ2v) is 7.82. The zero-order valence-electron chi connectivity index (χ0n) is 14.8. The van der Waals surface area contributed by atoms with Crippen LogP contribution in [0.3, 0.4) is 0 Å². The number of nitrogens with zero attached hydrogens (tertiary/aromatic N) is 2. The molecule has 1 fully saturated rings. The average molecular weight is 338 g/mol. The summed E-state index contributed by atoms with van der Waals surface area (Å²) in [6.45, 7) is 6.59. The van der Waals surface area contributed by atoms with E-state index in [1.165, 1.54) is 43.4 Å². The van der Waals surface area contributed by atoms with Gasteiger partial charge in [-0.2, -0.15) is 0 Å². The molecule has 23 heavy (non-hydrogen) atoms. The number of anilines is 1. The van der Waals surface area contributed by atoms with Gasteiger partial charge in [-0.1, -0.05) is 51.4 Å². The van der Waals surface area contributed by atoms with Gasteiger partial charge in [-0.05, 0) is 44.4 Å². The third-order valence-electron chi connectivity index (χ3n) is 5.19. The Morgan fingerprint density at radius 1 is 1.17 bits per heavy atom. The number of nitrogens with one attached hydrogen (secondary N) is 1. The van der Waals surface area contributed by atoms with Gasteiger partial charge in [0.25, 0.3) is 0 Å². The van der Waals surface area contributed by atoms with Gasteiger partial charge in [-0.3, -0.25) is 4.79 Å². The lowest BCUT2D eigenvalue weighted by molar-refractivity contribution is -0.121. The zero-order chi connectivity index (χ0) is 16.7. The Morgan fingerprint density at radius 2 is 1.87 bits per heavy atom. The molecule has 1 N–H and O–H groups in total. The third-order valence-corrected chi connectivity index (χ3v) is 6.19. The number of unbranched alkanes of at least 4 members (excludes halogenated alkanes) is 1. The van der Waals surface area contributed by atoms with Gasteiger partial charge in [0.2, 0.25) is 11.0 Å². The van der Waals surface area contributed by atoms with E-state index < -0.39 is 0 Å². The van der Waals surface area contributed by atoms with Crippen LogP contribution in [0.25, 0.3) is 0 Å². The maximum atomic E-state index is 12.4. The molecule has 4 nitrogen and oxygen atoms in total. The minimum Gasteiger partial charge on any atom is -0.300 e. The highest BCUT2D eigenvalue weighted by Gasteiger charge is 2.26. The Balaban J connectivity index is 1.81. The van der Waals surface area contributed by atoms with E-state index in [4.69, 9.17) is 0 Å². The Bertz CT molecular complexity index is 476. The molecule has 1 amide bonds. The monoisotopic (exact) mass is 337 g/mol. The highest BCUT2D eigenvalue weighted by molar-refractivity contribution is 7.15. The van der Waals surface area contributed by atoms with Crippen molar-refractivity contribution in [3.8, 4) is 0 Å². The quantitative estimate of drug-likeness (QED) is 0.693. The molecule has 130 valence electrons. The molecule has 1 aromatic rings. The minimum absolute atomic E-state index is 0.145. The van der Waals surface area contributed by atoms with Crippen molar-refractivity contribution in [3.05, 3.63) is 5.01 Å². The van der Waals surface area contributed by atoms with E-state index >= 15 is 0 Å². The highest BCUT2D eigenvalue weighted by Crippen LogP contribution is 2.33. The molecule has 5 heteroatoms. The lowest BCUT2D eigenvalue weighted by atomic mass is 9.79. The first-order chi connectivity index (χ1) is 11.2. The standard InChI is InChI=1S/C18H31N3OS/c1-4-7-8-13-9-11-15(12-10-13)16(22)19-18-21-20-17(23-18)14(5-2)6-3/h13-15H,4-12H2,1-3H3,(H,19,21,22). The molecule has 2 rings (SSSR count). The molecule has 0 radical (unpaired) electrons. The highest BCUT2D eigenvalue weighted by atomic mass is 32.1. The number of carbonyl (C=O) groups excluding carboxylic acids is 1. The molecule has 0 aliphatic heterocycles. The van der Waals surface area contributed by atoms with E-state index in [0.29, 0.717) is 11.0 Å². The van der Waals surface area contributed by atoms with Gasteiger partial charge < -0.3 is 5.32 Å². The van der Waals surface area contributed by atoms with Gasteiger partial charge in [0, 0.05) is 11.8 Å². The molecule has 1 heterocycles. The molecule has 1 aliphatic carbocycles. The third kappa shape index (κ3) is 5.27. The lowest BCUT2D eigenvalue weighted by Gasteiger charge is -2.27. The van der Waals surface area contributed by atoms with Crippen molar-refractivity contribution >= 4 is 22.4 Å². The van der Waals surface area contributed by atoms with Crippen LogP contribution < -0.4 is 5.32 Å². The number of hydrogen-bond donors (Lipinski definition) is 1. The largest absolute Gasteiger partial charge is 0.300 e. The van der Waals surface area contributed by atoms with Crippen LogP contribution in [0.4, 0.5) is 5.13 Å². The minimum atomic E-state index is 0.145. The Hall–Kier alpha value is -0.970. The Morgan fingerprint density at radius 3 is 2.48 bits per heavy atom. The fourth-order valence-electron chi connectivity index (χ4n) is 3.50. The smallest absolute Gasteiger partial charge is 0.229 e. The summed E-state index contributed by atoms with van der Waals surface area (Å²) >= 11 is 1.54. The van der Waals surface area contributed by atoms with Gasteiger partial charge in [0.15, 0.2) is 0 Å². The summed E-state index contributed by atoms with van der Waals surface area (Å²) < 4.78 is 0. The summed E-state index contributed by atoms with van der Waals surface area (Å²) in [6, 6.07) is 0. The average Bonchev–Trinajstić information content (AvgIpc) is 3.03. The molecular weight excluding hydrogens is 306 g/mol. The van der Waals surface area contributed by atoms with Crippen molar-refractivity contribution in [1.29, 1.82) is 0 Å².